The molecule has 1 aromatic carbocycles. The second kappa shape index (κ2) is 9.05. The van der Waals surface area contributed by atoms with Crippen molar-refractivity contribution >= 4 is 17.3 Å². The molecule has 4 aromatic rings. The second-order valence-corrected chi connectivity index (χ2v) is 7.75. The first-order valence-electron chi connectivity index (χ1n) is 9.73. The molecule has 0 amide bonds. The normalized spacial score (nSPS) is 10.8. The lowest BCUT2D eigenvalue weighted by molar-refractivity contribution is 0.0472. The Morgan fingerprint density at radius 3 is 2.71 bits per heavy atom. The van der Waals surface area contributed by atoms with Crippen LogP contribution in [-0.4, -0.2) is 38.0 Å². The van der Waals surface area contributed by atoms with Crippen LogP contribution in [0.1, 0.15) is 33.7 Å². The van der Waals surface area contributed by atoms with Crippen LogP contribution in [-0.2, 0) is 17.8 Å². The van der Waals surface area contributed by atoms with Gasteiger partial charge in [0.05, 0.1) is 24.7 Å². The van der Waals surface area contributed by atoms with Gasteiger partial charge in [0.2, 0.25) is 0 Å². The Bertz CT molecular complexity index is 1200. The Balaban J connectivity index is 1.43. The van der Waals surface area contributed by atoms with E-state index in [1.165, 1.54) is 11.3 Å². The lowest BCUT2D eigenvalue weighted by atomic mass is 10.2. The van der Waals surface area contributed by atoms with Gasteiger partial charge in [-0.3, -0.25) is 4.98 Å². The van der Waals surface area contributed by atoms with E-state index in [1.807, 2.05) is 43.3 Å². The molecule has 4 rings (SSSR count). The number of hydrogen-bond acceptors (Lipinski definition) is 8. The predicted molar refractivity (Wildman–Crippen MR) is 116 cm³/mol. The summed E-state index contributed by atoms with van der Waals surface area (Å²) in [4.78, 5) is 21.9. The maximum absolute atomic E-state index is 12.6. The van der Waals surface area contributed by atoms with Crippen molar-refractivity contribution in [1.29, 1.82) is 0 Å². The third kappa shape index (κ3) is 4.61. The number of carbonyl (C=O) groups excluding carboxylic acids is 1. The van der Waals surface area contributed by atoms with Crippen molar-refractivity contribution in [1.82, 2.24) is 25.0 Å². The largest absolute Gasteiger partial charge is 0.497 e. The van der Waals surface area contributed by atoms with Crippen LogP contribution in [0.25, 0.3) is 16.3 Å². The number of carbonyl (C=O) groups is 1. The van der Waals surface area contributed by atoms with E-state index in [-0.39, 0.29) is 6.61 Å². The average molecular weight is 436 g/mol. The quantitative estimate of drug-likeness (QED) is 0.405. The number of esters is 1. The van der Waals surface area contributed by atoms with E-state index in [1.54, 1.807) is 31.1 Å². The zero-order chi connectivity index (χ0) is 21.8. The molecule has 3 heterocycles. The van der Waals surface area contributed by atoms with Crippen molar-refractivity contribution in [3.63, 3.8) is 0 Å². The summed E-state index contributed by atoms with van der Waals surface area (Å²) in [5.41, 5.74) is 3.95. The minimum absolute atomic E-state index is 0.0247. The number of rotatable bonds is 7. The highest BCUT2D eigenvalue weighted by Gasteiger charge is 2.18. The fourth-order valence-electron chi connectivity index (χ4n) is 2.94. The number of aromatic nitrogens is 5. The minimum Gasteiger partial charge on any atom is -0.497 e. The molecule has 0 spiro atoms. The Hall–Kier alpha value is -3.59. The Kier molecular flexibility index (Phi) is 6.03. The Morgan fingerprint density at radius 1 is 1.16 bits per heavy atom. The fraction of sp³-hybridized carbons (Fsp3) is 0.227. The highest BCUT2D eigenvalue weighted by atomic mass is 32.1. The van der Waals surface area contributed by atoms with E-state index in [0.29, 0.717) is 16.3 Å². The first-order chi connectivity index (χ1) is 15.1. The van der Waals surface area contributed by atoms with Crippen LogP contribution in [0, 0.1) is 6.92 Å². The van der Waals surface area contributed by atoms with Crippen molar-refractivity contribution < 1.29 is 14.3 Å². The van der Waals surface area contributed by atoms with Gasteiger partial charge in [-0.15, -0.1) is 16.4 Å². The van der Waals surface area contributed by atoms with Crippen LogP contribution in [0.5, 0.6) is 5.75 Å². The maximum Gasteiger partial charge on any atom is 0.350 e. The molecule has 0 unspecified atom stereocenters. The van der Waals surface area contributed by atoms with Gasteiger partial charge in [0.25, 0.3) is 0 Å². The number of pyridine rings is 1. The molecule has 31 heavy (non-hydrogen) atoms. The highest BCUT2D eigenvalue weighted by molar-refractivity contribution is 7.17. The van der Waals surface area contributed by atoms with Gasteiger partial charge >= 0.3 is 5.97 Å². The molecule has 0 aliphatic rings. The summed E-state index contributed by atoms with van der Waals surface area (Å²) >= 11 is 1.31. The molecule has 9 heteroatoms. The molecule has 0 aliphatic heterocycles. The Labute approximate surface area is 183 Å². The molecule has 0 aliphatic carbocycles. The topological polar surface area (TPSA) is 92.0 Å². The molecule has 0 atom stereocenters. The monoisotopic (exact) mass is 435 g/mol. The summed E-state index contributed by atoms with van der Waals surface area (Å²) in [5, 5.41) is 8.94. The lowest BCUT2D eigenvalue weighted by Crippen LogP contribution is -2.05. The summed E-state index contributed by atoms with van der Waals surface area (Å²) in [6.45, 7) is 3.88. The summed E-state index contributed by atoms with van der Waals surface area (Å²) in [6, 6.07) is 11.3. The van der Waals surface area contributed by atoms with E-state index in [0.717, 1.165) is 34.1 Å². The van der Waals surface area contributed by atoms with Crippen molar-refractivity contribution in [2.24, 2.45) is 0 Å². The molecule has 0 saturated heterocycles. The maximum atomic E-state index is 12.6. The van der Waals surface area contributed by atoms with Gasteiger partial charge in [0, 0.05) is 17.5 Å². The van der Waals surface area contributed by atoms with Gasteiger partial charge < -0.3 is 9.47 Å². The summed E-state index contributed by atoms with van der Waals surface area (Å²) in [5.74, 6) is 0.333. The molecule has 0 bridgehead atoms. The average Bonchev–Trinajstić information content (AvgIpc) is 3.44. The van der Waals surface area contributed by atoms with Gasteiger partial charge in [0.1, 0.15) is 27.9 Å². The molecule has 8 nitrogen and oxygen atoms in total. The van der Waals surface area contributed by atoms with E-state index >= 15 is 0 Å². The van der Waals surface area contributed by atoms with Crippen LogP contribution < -0.4 is 4.74 Å². The molecule has 0 N–H and O–H groups in total. The van der Waals surface area contributed by atoms with Gasteiger partial charge in [-0.2, -0.15) is 0 Å². The van der Waals surface area contributed by atoms with Gasteiger partial charge in [-0.25, -0.2) is 14.5 Å². The minimum atomic E-state index is -0.426. The molecule has 3 aromatic heterocycles. The smallest absolute Gasteiger partial charge is 0.350 e. The number of nitrogens with zero attached hydrogens (tertiary/aromatic N) is 5. The molecule has 0 saturated carbocycles. The highest BCUT2D eigenvalue weighted by Crippen LogP contribution is 2.29. The number of hydrogen-bond donors (Lipinski definition) is 0. The van der Waals surface area contributed by atoms with Gasteiger partial charge in [-0.1, -0.05) is 12.1 Å². The number of ether oxygens (including phenoxy) is 2. The van der Waals surface area contributed by atoms with Crippen LogP contribution in [0.3, 0.4) is 0 Å². The first-order valence-corrected chi connectivity index (χ1v) is 10.5. The van der Waals surface area contributed by atoms with Gasteiger partial charge in [-0.05, 0) is 49.7 Å². The second-order valence-electron chi connectivity index (χ2n) is 6.75. The van der Waals surface area contributed by atoms with Crippen LogP contribution in [0.2, 0.25) is 0 Å². The first kappa shape index (κ1) is 20.7. The number of thiazole rings is 1. The van der Waals surface area contributed by atoms with E-state index in [9.17, 15) is 4.79 Å². The third-order valence-electron chi connectivity index (χ3n) is 4.64. The molecule has 158 valence electrons. The molecule has 0 fully saturated rings. The lowest BCUT2D eigenvalue weighted by Gasteiger charge is -2.02. The number of methoxy groups -OCH3 is 1. The van der Waals surface area contributed by atoms with Crippen LogP contribution >= 0.6 is 11.3 Å². The number of aryl methyl sites for hydroxylation is 2. The number of benzene rings is 1. The zero-order valence-electron chi connectivity index (χ0n) is 17.4. The third-order valence-corrected chi connectivity index (χ3v) is 5.82. The van der Waals surface area contributed by atoms with Crippen LogP contribution in [0.4, 0.5) is 0 Å². The summed E-state index contributed by atoms with van der Waals surface area (Å²) in [7, 11) is 1.62. The summed E-state index contributed by atoms with van der Waals surface area (Å²) in [6.07, 6.45) is 4.32. The summed E-state index contributed by atoms with van der Waals surface area (Å²) < 4.78 is 12.2. The molecular formula is C22H21N5O3S. The van der Waals surface area contributed by atoms with E-state index in [2.05, 4.69) is 20.3 Å². The molecular weight excluding hydrogens is 414 g/mol. The Morgan fingerprint density at radius 2 is 1.97 bits per heavy atom. The van der Waals surface area contributed by atoms with Crippen molar-refractivity contribution in [2.75, 3.05) is 7.11 Å². The van der Waals surface area contributed by atoms with Crippen molar-refractivity contribution in [3.05, 3.63) is 70.8 Å². The standard InChI is InChI=1S/C22H21N5O3S/c1-4-16-11-15(9-10-23-16)21-24-14(2)20(31-21)22(28)30-13-17-12-27(26-25-17)18-5-7-19(29-3)8-6-18/h5-12H,4,13H2,1-3H3. The van der Waals surface area contributed by atoms with E-state index < -0.39 is 5.97 Å². The zero-order valence-corrected chi connectivity index (χ0v) is 18.2. The fourth-order valence-corrected chi connectivity index (χ4v) is 3.90. The predicted octanol–water partition coefficient (Wildman–Crippen LogP) is 4.02. The van der Waals surface area contributed by atoms with Crippen molar-refractivity contribution in [2.45, 2.75) is 26.9 Å². The van der Waals surface area contributed by atoms with Crippen molar-refractivity contribution in [3.8, 4) is 22.0 Å². The molecule has 0 radical (unpaired) electrons. The SMILES string of the molecule is CCc1cc(-c2nc(C)c(C(=O)OCc3cn(-c4ccc(OC)cc4)nn3)s2)ccn1. The van der Waals surface area contributed by atoms with Crippen LogP contribution in [0.15, 0.2) is 48.8 Å². The van der Waals surface area contributed by atoms with Gasteiger partial charge in [0.15, 0.2) is 0 Å². The van der Waals surface area contributed by atoms with E-state index in [4.69, 9.17) is 9.47 Å².